The minimum Gasteiger partial charge on any atom is -0.444 e. The first-order valence-corrected chi connectivity index (χ1v) is 8.64. The molecule has 8 nitrogen and oxygen atoms in total. The molecule has 2 heterocycles. The maximum atomic E-state index is 12.1. The van der Waals surface area contributed by atoms with Crippen molar-refractivity contribution in [2.24, 2.45) is 0 Å². The summed E-state index contributed by atoms with van der Waals surface area (Å²) in [6, 6.07) is 9.98. The molecule has 0 aliphatic carbocycles. The lowest BCUT2D eigenvalue weighted by molar-refractivity contribution is 0.0924. The van der Waals surface area contributed by atoms with Crippen LogP contribution in [0.2, 0.25) is 0 Å². The lowest BCUT2D eigenvalue weighted by Gasteiger charge is -2.06. The number of fused-ring (bicyclic) bond motifs is 1. The van der Waals surface area contributed by atoms with Crippen LogP contribution in [0.5, 0.6) is 0 Å². The molecule has 0 saturated carbocycles. The number of H-pyrrole nitrogens is 1. The molecule has 3 rings (SSSR count). The van der Waals surface area contributed by atoms with Gasteiger partial charge in [0.2, 0.25) is 0 Å². The highest BCUT2D eigenvalue weighted by atomic mass is 79.9. The standard InChI is InChI=1S/C17H15BrN4O4/c18-13-7-6-12(26-13)16(24)19-8-3-9-20-17(25)14-21-11-5-2-1-4-10(11)15(23)22-14/h1-2,4-7H,3,8-9H2,(H,19,24)(H,20,25)(H,21,22,23). The number of amides is 2. The van der Waals surface area contributed by atoms with Gasteiger partial charge >= 0.3 is 0 Å². The highest BCUT2D eigenvalue weighted by Crippen LogP contribution is 2.13. The number of hydrogen-bond acceptors (Lipinski definition) is 5. The second kappa shape index (κ2) is 7.96. The van der Waals surface area contributed by atoms with Gasteiger partial charge in [-0.05, 0) is 46.6 Å². The molecular formula is C17H15BrN4O4. The van der Waals surface area contributed by atoms with Crippen molar-refractivity contribution in [2.75, 3.05) is 13.1 Å². The quantitative estimate of drug-likeness (QED) is 0.527. The minimum absolute atomic E-state index is 0.0434. The molecule has 1 aromatic carbocycles. The van der Waals surface area contributed by atoms with Crippen molar-refractivity contribution in [3.63, 3.8) is 0 Å². The van der Waals surface area contributed by atoms with Crippen LogP contribution >= 0.6 is 15.9 Å². The number of aromatic amines is 1. The lowest BCUT2D eigenvalue weighted by Crippen LogP contribution is -2.31. The molecule has 0 atom stereocenters. The van der Waals surface area contributed by atoms with Crippen molar-refractivity contribution >= 4 is 38.6 Å². The van der Waals surface area contributed by atoms with Gasteiger partial charge in [-0.3, -0.25) is 14.4 Å². The van der Waals surface area contributed by atoms with E-state index >= 15 is 0 Å². The van der Waals surface area contributed by atoms with Crippen LogP contribution in [0.3, 0.4) is 0 Å². The summed E-state index contributed by atoms with van der Waals surface area (Å²) in [6.45, 7) is 0.677. The third-order valence-corrected chi connectivity index (χ3v) is 3.98. The van der Waals surface area contributed by atoms with E-state index in [1.165, 1.54) is 0 Å². The largest absolute Gasteiger partial charge is 0.444 e. The van der Waals surface area contributed by atoms with Gasteiger partial charge in [-0.1, -0.05) is 12.1 Å². The summed E-state index contributed by atoms with van der Waals surface area (Å²) in [5, 5.41) is 5.76. The zero-order valence-electron chi connectivity index (χ0n) is 13.5. The van der Waals surface area contributed by atoms with Gasteiger partial charge in [0.25, 0.3) is 17.4 Å². The molecular weight excluding hydrogens is 404 g/mol. The normalized spacial score (nSPS) is 10.7. The number of furan rings is 1. The van der Waals surface area contributed by atoms with Crippen LogP contribution in [0.4, 0.5) is 0 Å². The van der Waals surface area contributed by atoms with E-state index in [1.807, 2.05) is 0 Å². The lowest BCUT2D eigenvalue weighted by atomic mass is 10.2. The number of carbonyl (C=O) groups excluding carboxylic acids is 2. The van der Waals surface area contributed by atoms with Crippen molar-refractivity contribution in [1.29, 1.82) is 0 Å². The first-order chi connectivity index (χ1) is 12.5. The molecule has 0 aliphatic heterocycles. The molecule has 0 bridgehead atoms. The smallest absolute Gasteiger partial charge is 0.287 e. The topological polar surface area (TPSA) is 117 Å². The summed E-state index contributed by atoms with van der Waals surface area (Å²) < 4.78 is 5.62. The first kappa shape index (κ1) is 17.9. The first-order valence-electron chi connectivity index (χ1n) is 7.85. The zero-order valence-corrected chi connectivity index (χ0v) is 15.1. The van der Waals surface area contributed by atoms with Gasteiger partial charge in [0.05, 0.1) is 10.9 Å². The van der Waals surface area contributed by atoms with E-state index in [-0.39, 0.29) is 23.1 Å². The molecule has 0 aliphatic rings. The Balaban J connectivity index is 1.48. The van der Waals surface area contributed by atoms with Crippen LogP contribution in [0.15, 0.2) is 50.3 Å². The van der Waals surface area contributed by atoms with E-state index in [9.17, 15) is 14.4 Å². The van der Waals surface area contributed by atoms with Crippen molar-refractivity contribution < 1.29 is 14.0 Å². The van der Waals surface area contributed by atoms with E-state index in [4.69, 9.17) is 4.42 Å². The molecule has 26 heavy (non-hydrogen) atoms. The Hall–Kier alpha value is -2.94. The Bertz CT molecular complexity index is 1010. The van der Waals surface area contributed by atoms with Gasteiger partial charge in [-0.15, -0.1) is 0 Å². The predicted octanol–water partition coefficient (Wildman–Crippen LogP) is 1.83. The molecule has 2 aromatic heterocycles. The average molecular weight is 419 g/mol. The molecule has 0 fully saturated rings. The van der Waals surface area contributed by atoms with E-state index in [1.54, 1.807) is 36.4 Å². The van der Waals surface area contributed by atoms with Gasteiger partial charge < -0.3 is 20.0 Å². The van der Waals surface area contributed by atoms with Gasteiger partial charge in [0, 0.05) is 13.1 Å². The third kappa shape index (κ3) is 4.17. The maximum absolute atomic E-state index is 12.1. The number of rotatable bonds is 6. The molecule has 9 heteroatoms. The molecule has 3 aromatic rings. The molecule has 134 valence electrons. The van der Waals surface area contributed by atoms with E-state index in [0.29, 0.717) is 35.1 Å². The second-order valence-electron chi connectivity index (χ2n) is 5.40. The van der Waals surface area contributed by atoms with Crippen molar-refractivity contribution in [1.82, 2.24) is 20.6 Å². The molecule has 2 amide bonds. The summed E-state index contributed by atoms with van der Waals surface area (Å²) in [5.41, 5.74) is 0.0934. The van der Waals surface area contributed by atoms with Gasteiger partial charge in [0.15, 0.2) is 16.3 Å². The summed E-state index contributed by atoms with van der Waals surface area (Å²) in [6.07, 6.45) is 0.511. The maximum Gasteiger partial charge on any atom is 0.287 e. The summed E-state index contributed by atoms with van der Waals surface area (Å²) >= 11 is 3.13. The molecule has 0 unspecified atom stereocenters. The highest BCUT2D eigenvalue weighted by Gasteiger charge is 2.11. The van der Waals surface area contributed by atoms with Crippen molar-refractivity contribution in [3.05, 3.63) is 63.0 Å². The number of benzene rings is 1. The molecule has 0 spiro atoms. The number of nitrogens with one attached hydrogen (secondary N) is 3. The molecule has 0 saturated heterocycles. The number of carbonyl (C=O) groups is 2. The Kier molecular flexibility index (Phi) is 5.47. The SMILES string of the molecule is O=C(NCCCNC(=O)c1ccc(Br)o1)c1nc2ccccc2c(=O)[nH]1. The van der Waals surface area contributed by atoms with Gasteiger partial charge in [-0.25, -0.2) is 4.98 Å². The Labute approximate surface area is 156 Å². The number of halogens is 1. The van der Waals surface area contributed by atoms with Crippen molar-refractivity contribution in [2.45, 2.75) is 6.42 Å². The van der Waals surface area contributed by atoms with E-state index in [0.717, 1.165) is 0 Å². The summed E-state index contributed by atoms with van der Waals surface area (Å²) in [5.74, 6) is -0.645. The number of nitrogens with zero attached hydrogens (tertiary/aromatic N) is 1. The van der Waals surface area contributed by atoms with Crippen LogP contribution in [0, 0.1) is 0 Å². The monoisotopic (exact) mass is 418 g/mol. The van der Waals surface area contributed by atoms with Crippen LogP contribution in [-0.4, -0.2) is 34.9 Å². The number of aromatic nitrogens is 2. The highest BCUT2D eigenvalue weighted by molar-refractivity contribution is 9.10. The second-order valence-corrected chi connectivity index (χ2v) is 6.18. The Morgan fingerprint density at radius 3 is 2.54 bits per heavy atom. The fourth-order valence-corrected chi connectivity index (χ4v) is 2.60. The number of para-hydroxylation sites is 1. The van der Waals surface area contributed by atoms with Gasteiger partial charge in [0.1, 0.15) is 0 Å². The van der Waals surface area contributed by atoms with Crippen molar-refractivity contribution in [3.8, 4) is 0 Å². The fraction of sp³-hybridized carbons (Fsp3) is 0.176. The minimum atomic E-state index is -0.478. The Morgan fingerprint density at radius 2 is 1.81 bits per heavy atom. The number of hydrogen-bond donors (Lipinski definition) is 3. The van der Waals surface area contributed by atoms with Crippen LogP contribution in [-0.2, 0) is 0 Å². The third-order valence-electron chi connectivity index (χ3n) is 3.55. The summed E-state index contributed by atoms with van der Waals surface area (Å²) in [7, 11) is 0. The molecule has 0 radical (unpaired) electrons. The van der Waals surface area contributed by atoms with Crippen LogP contribution in [0.25, 0.3) is 10.9 Å². The average Bonchev–Trinajstić information content (AvgIpc) is 3.07. The summed E-state index contributed by atoms with van der Waals surface area (Å²) in [4.78, 5) is 42.5. The van der Waals surface area contributed by atoms with E-state index < -0.39 is 5.91 Å². The predicted molar refractivity (Wildman–Crippen MR) is 98.1 cm³/mol. The molecule has 3 N–H and O–H groups in total. The van der Waals surface area contributed by atoms with Crippen LogP contribution in [0.1, 0.15) is 27.6 Å². The van der Waals surface area contributed by atoms with E-state index in [2.05, 4.69) is 36.5 Å². The Morgan fingerprint density at radius 1 is 1.08 bits per heavy atom. The van der Waals surface area contributed by atoms with Crippen LogP contribution < -0.4 is 16.2 Å². The fourth-order valence-electron chi connectivity index (χ4n) is 2.29. The van der Waals surface area contributed by atoms with Gasteiger partial charge in [-0.2, -0.15) is 0 Å². The zero-order chi connectivity index (χ0) is 18.5.